The molecule has 0 amide bonds. The van der Waals surface area contributed by atoms with Gasteiger partial charge in [0, 0.05) is 12.6 Å². The van der Waals surface area contributed by atoms with Gasteiger partial charge in [-0.15, -0.1) is 0 Å². The molecule has 108 valence electrons. The molecule has 5 nitrogen and oxygen atoms in total. The highest BCUT2D eigenvalue weighted by Gasteiger charge is 2.17. The van der Waals surface area contributed by atoms with Gasteiger partial charge in [0.2, 0.25) is 10.0 Å². The van der Waals surface area contributed by atoms with Gasteiger partial charge in [-0.2, -0.15) is 0 Å². The lowest BCUT2D eigenvalue weighted by Crippen LogP contribution is -2.35. The number of rotatable bonds is 7. The zero-order chi connectivity index (χ0) is 14.5. The molecule has 1 aromatic carbocycles. The van der Waals surface area contributed by atoms with Gasteiger partial charge in [-0.3, -0.25) is 0 Å². The predicted molar refractivity (Wildman–Crippen MR) is 76.9 cm³/mol. The first kappa shape index (κ1) is 15.9. The fourth-order valence-corrected chi connectivity index (χ4v) is 2.37. The zero-order valence-electron chi connectivity index (χ0n) is 11.9. The molecule has 0 bridgehead atoms. The lowest BCUT2D eigenvalue weighted by atomic mass is 10.1. The number of nitrogens with one attached hydrogen (secondary N) is 1. The second kappa shape index (κ2) is 6.88. The molecule has 0 aromatic heterocycles. The third kappa shape index (κ3) is 4.81. The normalized spacial score (nSPS) is 13.5. The van der Waals surface area contributed by atoms with Crippen LogP contribution < -0.4 is 9.46 Å². The molecule has 0 heterocycles. The van der Waals surface area contributed by atoms with Crippen LogP contribution in [0, 0.1) is 0 Å². The lowest BCUT2D eigenvalue weighted by molar-refractivity contribution is 0.298. The van der Waals surface area contributed by atoms with Gasteiger partial charge in [-0.05, 0) is 38.7 Å². The quantitative estimate of drug-likeness (QED) is 0.819. The largest absolute Gasteiger partial charge is 0.497 e. The van der Waals surface area contributed by atoms with Crippen LogP contribution in [0.2, 0.25) is 0 Å². The third-order valence-electron chi connectivity index (χ3n) is 2.98. The number of sulfonamides is 1. The zero-order valence-corrected chi connectivity index (χ0v) is 12.7. The summed E-state index contributed by atoms with van der Waals surface area (Å²) in [4.78, 5) is 1.98. The summed E-state index contributed by atoms with van der Waals surface area (Å²) in [6.45, 7) is 1.97. The average Bonchev–Trinajstić information content (AvgIpc) is 2.38. The van der Waals surface area contributed by atoms with Crippen molar-refractivity contribution >= 4 is 10.0 Å². The van der Waals surface area contributed by atoms with Crippen molar-refractivity contribution in [1.82, 2.24) is 9.62 Å². The van der Waals surface area contributed by atoms with E-state index < -0.39 is 10.0 Å². The smallest absolute Gasteiger partial charge is 0.211 e. The maximum atomic E-state index is 11.5. The van der Waals surface area contributed by atoms with Crippen LogP contribution in [0.25, 0.3) is 0 Å². The molecule has 1 N–H and O–H groups in total. The molecular weight excluding hydrogens is 264 g/mol. The summed E-state index contributed by atoms with van der Waals surface area (Å²) < 4.78 is 30.9. The van der Waals surface area contributed by atoms with Gasteiger partial charge in [0.1, 0.15) is 5.75 Å². The SMILES string of the molecule is CCS(=O)(=O)NCC(c1cccc(OC)c1)N(C)C. The third-order valence-corrected chi connectivity index (χ3v) is 4.35. The highest BCUT2D eigenvalue weighted by atomic mass is 32.2. The van der Waals surface area contributed by atoms with Gasteiger partial charge in [-0.25, -0.2) is 13.1 Å². The van der Waals surface area contributed by atoms with Crippen molar-refractivity contribution in [3.63, 3.8) is 0 Å². The minimum Gasteiger partial charge on any atom is -0.497 e. The summed E-state index contributed by atoms with van der Waals surface area (Å²) in [5, 5.41) is 0. The molecule has 1 unspecified atom stereocenters. The molecule has 0 spiro atoms. The van der Waals surface area contributed by atoms with Gasteiger partial charge in [0.05, 0.1) is 12.9 Å². The number of hydrogen-bond acceptors (Lipinski definition) is 4. The van der Waals surface area contributed by atoms with E-state index in [1.54, 1.807) is 14.0 Å². The fourth-order valence-electron chi connectivity index (χ4n) is 1.76. The Morgan fingerprint density at radius 2 is 2.05 bits per heavy atom. The van der Waals surface area contributed by atoms with Gasteiger partial charge in [-0.1, -0.05) is 12.1 Å². The van der Waals surface area contributed by atoms with Crippen LogP contribution in [-0.4, -0.2) is 46.8 Å². The summed E-state index contributed by atoms with van der Waals surface area (Å²) >= 11 is 0. The first-order valence-electron chi connectivity index (χ1n) is 6.17. The Kier molecular flexibility index (Phi) is 5.78. The lowest BCUT2D eigenvalue weighted by Gasteiger charge is -2.25. The number of nitrogens with zero attached hydrogens (tertiary/aromatic N) is 1. The van der Waals surface area contributed by atoms with Gasteiger partial charge in [0.15, 0.2) is 0 Å². The van der Waals surface area contributed by atoms with Gasteiger partial charge < -0.3 is 9.64 Å². The first-order valence-corrected chi connectivity index (χ1v) is 7.82. The number of ether oxygens (including phenoxy) is 1. The van der Waals surface area contributed by atoms with E-state index in [9.17, 15) is 8.42 Å². The highest BCUT2D eigenvalue weighted by molar-refractivity contribution is 7.89. The summed E-state index contributed by atoms with van der Waals surface area (Å²) in [5.74, 6) is 0.855. The molecule has 0 radical (unpaired) electrons. The Bertz CT molecular complexity index is 500. The Hall–Kier alpha value is -1.11. The van der Waals surface area contributed by atoms with Crippen molar-refractivity contribution in [2.45, 2.75) is 13.0 Å². The van der Waals surface area contributed by atoms with E-state index in [4.69, 9.17) is 4.74 Å². The molecule has 6 heteroatoms. The summed E-state index contributed by atoms with van der Waals surface area (Å²) in [6.07, 6.45) is 0. The molecule has 0 aliphatic heterocycles. The van der Waals surface area contributed by atoms with Crippen molar-refractivity contribution in [3.8, 4) is 5.75 Å². The summed E-state index contributed by atoms with van der Waals surface area (Å²) in [7, 11) is 2.28. The molecule has 0 saturated heterocycles. The van der Waals surface area contributed by atoms with Crippen molar-refractivity contribution < 1.29 is 13.2 Å². The standard InChI is InChI=1S/C13H22N2O3S/c1-5-19(16,17)14-10-13(15(2)3)11-7-6-8-12(9-11)18-4/h6-9,13-14H,5,10H2,1-4H3. The van der Waals surface area contributed by atoms with Gasteiger partial charge in [0.25, 0.3) is 0 Å². The minimum absolute atomic E-state index is 0.0311. The number of benzene rings is 1. The van der Waals surface area contributed by atoms with Crippen molar-refractivity contribution in [2.24, 2.45) is 0 Å². The van der Waals surface area contributed by atoms with Crippen LogP contribution in [0.1, 0.15) is 18.5 Å². The molecular formula is C13H22N2O3S. The Morgan fingerprint density at radius 1 is 1.37 bits per heavy atom. The van der Waals surface area contributed by atoms with E-state index in [1.807, 2.05) is 43.3 Å². The Labute approximate surface area is 115 Å². The Balaban J connectivity index is 2.88. The van der Waals surface area contributed by atoms with E-state index in [-0.39, 0.29) is 11.8 Å². The predicted octanol–water partition coefficient (Wildman–Crippen LogP) is 1.24. The van der Waals surface area contributed by atoms with Gasteiger partial charge >= 0.3 is 0 Å². The number of methoxy groups -OCH3 is 1. The molecule has 0 fully saturated rings. The molecule has 1 aromatic rings. The van der Waals surface area contributed by atoms with Crippen molar-refractivity contribution in [2.75, 3.05) is 33.5 Å². The van der Waals surface area contributed by atoms with E-state index in [0.717, 1.165) is 11.3 Å². The number of hydrogen-bond donors (Lipinski definition) is 1. The second-order valence-corrected chi connectivity index (χ2v) is 6.60. The monoisotopic (exact) mass is 286 g/mol. The molecule has 19 heavy (non-hydrogen) atoms. The molecule has 0 saturated carbocycles. The van der Waals surface area contributed by atoms with E-state index in [2.05, 4.69) is 4.72 Å². The number of likely N-dealkylation sites (N-methyl/N-ethyl adjacent to an activating group) is 1. The first-order chi connectivity index (χ1) is 8.89. The van der Waals surface area contributed by atoms with Crippen LogP contribution in [0.15, 0.2) is 24.3 Å². The van der Waals surface area contributed by atoms with Crippen molar-refractivity contribution in [1.29, 1.82) is 0 Å². The Morgan fingerprint density at radius 3 is 2.58 bits per heavy atom. The highest BCUT2D eigenvalue weighted by Crippen LogP contribution is 2.22. The van der Waals surface area contributed by atoms with E-state index >= 15 is 0 Å². The second-order valence-electron chi connectivity index (χ2n) is 4.51. The van der Waals surface area contributed by atoms with E-state index in [1.165, 1.54) is 0 Å². The average molecular weight is 286 g/mol. The maximum Gasteiger partial charge on any atom is 0.211 e. The topological polar surface area (TPSA) is 58.6 Å². The minimum atomic E-state index is -3.18. The fraction of sp³-hybridized carbons (Fsp3) is 0.538. The molecule has 1 rings (SSSR count). The van der Waals surface area contributed by atoms with Crippen LogP contribution in [0.5, 0.6) is 5.75 Å². The van der Waals surface area contributed by atoms with Crippen molar-refractivity contribution in [3.05, 3.63) is 29.8 Å². The van der Waals surface area contributed by atoms with Crippen LogP contribution >= 0.6 is 0 Å². The molecule has 1 atom stereocenters. The molecule has 0 aliphatic rings. The van der Waals surface area contributed by atoms with Crippen LogP contribution in [-0.2, 0) is 10.0 Å². The van der Waals surface area contributed by atoms with Crippen LogP contribution in [0.3, 0.4) is 0 Å². The summed E-state index contributed by atoms with van der Waals surface area (Å²) in [5.41, 5.74) is 1.02. The summed E-state index contributed by atoms with van der Waals surface area (Å²) in [6, 6.07) is 7.63. The van der Waals surface area contributed by atoms with Crippen LogP contribution in [0.4, 0.5) is 0 Å². The maximum absolute atomic E-state index is 11.5. The molecule has 0 aliphatic carbocycles. The van der Waals surface area contributed by atoms with E-state index in [0.29, 0.717) is 6.54 Å².